The van der Waals surface area contributed by atoms with Crippen molar-refractivity contribution in [3.8, 4) is 0 Å². The average Bonchev–Trinajstić information content (AvgIpc) is 3.26. The lowest BCUT2D eigenvalue weighted by molar-refractivity contribution is 0.00599. The largest absolute Gasteiger partial charge is 0.478 e. The van der Waals surface area contributed by atoms with Gasteiger partial charge in [-0.3, -0.25) is 14.0 Å². The number of hydrogen-bond donors (Lipinski definition) is 1. The molecule has 2 saturated heterocycles. The SMILES string of the molecule is CCN1CCC[C@H]1Cn1c(=O)n(C[C@@H]2CCCCO2)c2cc(C(=O)O)ccc21. The van der Waals surface area contributed by atoms with Crippen LogP contribution in [0.2, 0.25) is 0 Å². The van der Waals surface area contributed by atoms with E-state index in [1.807, 2.05) is 4.57 Å². The minimum Gasteiger partial charge on any atom is -0.478 e. The fraction of sp³-hybridized carbons (Fsp3) is 0.619. The fourth-order valence-electron chi connectivity index (χ4n) is 4.69. The number of carboxylic acid groups (broad SMARTS) is 1. The quantitative estimate of drug-likeness (QED) is 0.824. The lowest BCUT2D eigenvalue weighted by atomic mass is 10.1. The Kier molecular flexibility index (Phi) is 5.55. The van der Waals surface area contributed by atoms with E-state index in [0.29, 0.717) is 24.6 Å². The van der Waals surface area contributed by atoms with Crippen LogP contribution in [-0.4, -0.2) is 57.0 Å². The number of aromatic carboxylic acids is 1. The number of fused-ring (bicyclic) bond motifs is 1. The predicted molar refractivity (Wildman–Crippen MR) is 107 cm³/mol. The molecular formula is C21H29N3O4. The summed E-state index contributed by atoms with van der Waals surface area (Å²) in [5.74, 6) is -0.976. The number of likely N-dealkylation sites (N-methyl/N-ethyl adjacent to an activating group) is 1. The minimum atomic E-state index is -0.976. The van der Waals surface area contributed by atoms with Crippen molar-refractivity contribution in [1.82, 2.24) is 14.0 Å². The van der Waals surface area contributed by atoms with Gasteiger partial charge in [-0.1, -0.05) is 6.92 Å². The number of imidazole rings is 1. The summed E-state index contributed by atoms with van der Waals surface area (Å²) in [6, 6.07) is 5.36. The number of benzene rings is 1. The molecule has 152 valence electrons. The van der Waals surface area contributed by atoms with Crippen LogP contribution < -0.4 is 5.69 Å². The Hall–Kier alpha value is -2.12. The highest BCUT2D eigenvalue weighted by Crippen LogP contribution is 2.23. The molecule has 2 fully saturated rings. The molecule has 0 aliphatic carbocycles. The highest BCUT2D eigenvalue weighted by Gasteiger charge is 2.26. The Morgan fingerprint density at radius 3 is 2.68 bits per heavy atom. The van der Waals surface area contributed by atoms with E-state index in [-0.39, 0.29) is 17.4 Å². The van der Waals surface area contributed by atoms with Crippen molar-refractivity contribution >= 4 is 17.0 Å². The molecule has 0 saturated carbocycles. The summed E-state index contributed by atoms with van der Waals surface area (Å²) < 4.78 is 9.41. The number of carbonyl (C=O) groups is 1. The lowest BCUT2D eigenvalue weighted by Gasteiger charge is -2.23. The molecule has 0 radical (unpaired) electrons. The number of nitrogens with zero attached hydrogens (tertiary/aromatic N) is 3. The van der Waals surface area contributed by atoms with Gasteiger partial charge in [-0.05, 0) is 63.4 Å². The molecule has 1 aromatic carbocycles. The van der Waals surface area contributed by atoms with Gasteiger partial charge < -0.3 is 9.84 Å². The maximum absolute atomic E-state index is 13.3. The van der Waals surface area contributed by atoms with E-state index < -0.39 is 5.97 Å². The van der Waals surface area contributed by atoms with E-state index in [2.05, 4.69) is 11.8 Å². The number of aromatic nitrogens is 2. The van der Waals surface area contributed by atoms with E-state index >= 15 is 0 Å². The zero-order chi connectivity index (χ0) is 19.7. The van der Waals surface area contributed by atoms with Crippen molar-refractivity contribution in [2.24, 2.45) is 0 Å². The van der Waals surface area contributed by atoms with E-state index in [1.54, 1.807) is 22.8 Å². The van der Waals surface area contributed by atoms with Gasteiger partial charge in [-0.2, -0.15) is 0 Å². The lowest BCUT2D eigenvalue weighted by Crippen LogP contribution is -2.37. The maximum Gasteiger partial charge on any atom is 0.335 e. The summed E-state index contributed by atoms with van der Waals surface area (Å²) in [6.45, 7) is 6.07. The first kappa shape index (κ1) is 19.2. The van der Waals surface area contributed by atoms with Gasteiger partial charge in [0.05, 0.1) is 29.2 Å². The number of carboxylic acids is 1. The highest BCUT2D eigenvalue weighted by atomic mass is 16.5. The molecule has 0 unspecified atom stereocenters. The summed E-state index contributed by atoms with van der Waals surface area (Å²) >= 11 is 0. The number of hydrogen-bond acceptors (Lipinski definition) is 4. The van der Waals surface area contributed by atoms with Crippen LogP contribution in [0.1, 0.15) is 49.4 Å². The molecule has 0 spiro atoms. The average molecular weight is 387 g/mol. The molecule has 2 aliphatic rings. The maximum atomic E-state index is 13.3. The van der Waals surface area contributed by atoms with Gasteiger partial charge in [0.15, 0.2) is 0 Å². The third-order valence-electron chi connectivity index (χ3n) is 6.22. The number of likely N-dealkylation sites (tertiary alicyclic amines) is 1. The summed E-state index contributed by atoms with van der Waals surface area (Å²) in [6.07, 6.45) is 5.36. The summed E-state index contributed by atoms with van der Waals surface area (Å²) in [5, 5.41) is 9.40. The van der Waals surface area contributed by atoms with Crippen molar-refractivity contribution in [1.29, 1.82) is 0 Å². The van der Waals surface area contributed by atoms with Crippen molar-refractivity contribution in [2.45, 2.75) is 64.3 Å². The van der Waals surface area contributed by atoms with Crippen LogP contribution in [-0.2, 0) is 17.8 Å². The predicted octanol–water partition coefficient (Wildman–Crippen LogP) is 2.55. The molecule has 3 heterocycles. The van der Waals surface area contributed by atoms with Crippen LogP contribution in [0, 0.1) is 0 Å². The van der Waals surface area contributed by atoms with Crippen LogP contribution in [0.15, 0.2) is 23.0 Å². The van der Waals surface area contributed by atoms with E-state index in [4.69, 9.17) is 4.74 Å². The normalized spacial score (nSPS) is 23.5. The number of rotatable bonds is 6. The Bertz CT molecular complexity index is 910. The monoisotopic (exact) mass is 387 g/mol. The van der Waals surface area contributed by atoms with Gasteiger partial charge >= 0.3 is 11.7 Å². The van der Waals surface area contributed by atoms with Crippen LogP contribution >= 0.6 is 0 Å². The second-order valence-electron chi connectivity index (χ2n) is 7.93. The van der Waals surface area contributed by atoms with Gasteiger partial charge in [0.25, 0.3) is 0 Å². The molecule has 28 heavy (non-hydrogen) atoms. The third-order valence-corrected chi connectivity index (χ3v) is 6.22. The second kappa shape index (κ2) is 8.09. The molecule has 1 N–H and O–H groups in total. The second-order valence-corrected chi connectivity index (χ2v) is 7.93. The van der Waals surface area contributed by atoms with E-state index in [1.165, 1.54) is 0 Å². The van der Waals surface area contributed by atoms with Crippen LogP contribution in [0.25, 0.3) is 11.0 Å². The molecule has 2 aromatic rings. The molecule has 2 atom stereocenters. The minimum absolute atomic E-state index is 0.0117. The summed E-state index contributed by atoms with van der Waals surface area (Å²) in [7, 11) is 0. The van der Waals surface area contributed by atoms with Crippen molar-refractivity contribution in [3.63, 3.8) is 0 Å². The Balaban J connectivity index is 1.74. The molecule has 1 aromatic heterocycles. The zero-order valence-corrected chi connectivity index (χ0v) is 16.5. The third kappa shape index (κ3) is 3.61. The standard InChI is InChI=1S/C21H29N3O4/c1-2-22-10-5-6-16(22)13-23-18-9-8-15(20(25)26)12-19(18)24(21(23)27)14-17-7-3-4-11-28-17/h8-9,12,16-17H,2-7,10-11,13-14H2,1H3,(H,25,26)/t16-,17-/m0/s1. The summed E-state index contributed by atoms with van der Waals surface area (Å²) in [5.41, 5.74) is 1.66. The smallest absolute Gasteiger partial charge is 0.335 e. The van der Waals surface area contributed by atoms with E-state index in [9.17, 15) is 14.7 Å². The van der Waals surface area contributed by atoms with E-state index in [0.717, 1.165) is 57.3 Å². The Morgan fingerprint density at radius 1 is 1.14 bits per heavy atom. The first-order valence-corrected chi connectivity index (χ1v) is 10.4. The fourth-order valence-corrected chi connectivity index (χ4v) is 4.69. The molecule has 4 rings (SSSR count). The van der Waals surface area contributed by atoms with Gasteiger partial charge in [-0.25, -0.2) is 9.59 Å². The van der Waals surface area contributed by atoms with Crippen molar-refractivity contribution in [2.75, 3.05) is 19.7 Å². The van der Waals surface area contributed by atoms with Crippen molar-refractivity contribution in [3.05, 3.63) is 34.2 Å². The van der Waals surface area contributed by atoms with Gasteiger partial charge in [0.2, 0.25) is 0 Å². The highest BCUT2D eigenvalue weighted by molar-refractivity contribution is 5.92. The first-order valence-electron chi connectivity index (χ1n) is 10.4. The number of ether oxygens (including phenoxy) is 1. The van der Waals surface area contributed by atoms with Crippen LogP contribution in [0.5, 0.6) is 0 Å². The molecule has 0 amide bonds. The topological polar surface area (TPSA) is 76.7 Å². The molecular weight excluding hydrogens is 358 g/mol. The van der Waals surface area contributed by atoms with Crippen molar-refractivity contribution < 1.29 is 14.6 Å². The molecule has 0 bridgehead atoms. The van der Waals surface area contributed by atoms with Crippen LogP contribution in [0.4, 0.5) is 0 Å². The first-order chi connectivity index (χ1) is 13.6. The molecule has 7 heteroatoms. The molecule has 7 nitrogen and oxygen atoms in total. The van der Waals surface area contributed by atoms with Gasteiger partial charge in [-0.15, -0.1) is 0 Å². The Labute approximate surface area is 164 Å². The van der Waals surface area contributed by atoms with Crippen LogP contribution in [0.3, 0.4) is 0 Å². The zero-order valence-electron chi connectivity index (χ0n) is 16.5. The van der Waals surface area contributed by atoms with Gasteiger partial charge in [0, 0.05) is 19.2 Å². The summed E-state index contributed by atoms with van der Waals surface area (Å²) in [4.78, 5) is 27.2. The van der Waals surface area contributed by atoms with Gasteiger partial charge in [0.1, 0.15) is 0 Å². The Morgan fingerprint density at radius 2 is 1.96 bits per heavy atom. The molecule has 2 aliphatic heterocycles.